The molecule has 5 heteroatoms. The molecular weight excluding hydrogens is 242 g/mol. The average molecular weight is 261 g/mol. The number of aliphatic carboxylic acids is 1. The number of rotatable bonds is 4. The second-order valence-corrected chi connectivity index (χ2v) is 5.59. The summed E-state index contributed by atoms with van der Waals surface area (Å²) in [7, 11) is 0. The first-order valence-corrected chi connectivity index (χ1v) is 6.32. The molecule has 0 saturated carbocycles. The van der Waals surface area contributed by atoms with Gasteiger partial charge >= 0.3 is 5.97 Å². The fourth-order valence-corrected chi connectivity index (χ4v) is 1.94. The molecule has 2 rings (SSSR count). The van der Waals surface area contributed by atoms with Crippen LogP contribution in [0, 0.1) is 0 Å². The van der Waals surface area contributed by atoms with Gasteiger partial charge in [0.25, 0.3) is 0 Å². The van der Waals surface area contributed by atoms with Crippen molar-refractivity contribution in [2.24, 2.45) is 0 Å². The molecule has 0 saturated heterocycles. The number of carboxylic acids is 1. The van der Waals surface area contributed by atoms with E-state index < -0.39 is 5.97 Å². The summed E-state index contributed by atoms with van der Waals surface area (Å²) in [6, 6.07) is 7.75. The maximum absolute atomic E-state index is 10.8. The summed E-state index contributed by atoms with van der Waals surface area (Å²) in [6.07, 6.45) is 0.0825. The molecule has 102 valence electrons. The number of anilines is 1. The van der Waals surface area contributed by atoms with Crippen molar-refractivity contribution < 1.29 is 9.90 Å². The van der Waals surface area contributed by atoms with Crippen LogP contribution in [0.5, 0.6) is 0 Å². The standard InChI is InChI=1S/C14H19N3O2/c1-14(2,3)16-13-15-10-6-4-5-7-11(10)17(13)9-8-12(18)19/h4-7H,8-9H2,1-3H3,(H,15,16)(H,18,19). The lowest BCUT2D eigenvalue weighted by molar-refractivity contribution is -0.137. The van der Waals surface area contributed by atoms with E-state index >= 15 is 0 Å². The van der Waals surface area contributed by atoms with E-state index in [-0.39, 0.29) is 12.0 Å². The lowest BCUT2D eigenvalue weighted by Gasteiger charge is -2.22. The zero-order chi connectivity index (χ0) is 14.0. The highest BCUT2D eigenvalue weighted by Crippen LogP contribution is 2.22. The Morgan fingerprint density at radius 3 is 2.68 bits per heavy atom. The Balaban J connectivity index is 2.42. The number of carboxylic acid groups (broad SMARTS) is 1. The van der Waals surface area contributed by atoms with Crippen molar-refractivity contribution in [3.8, 4) is 0 Å². The van der Waals surface area contributed by atoms with Crippen LogP contribution >= 0.6 is 0 Å². The van der Waals surface area contributed by atoms with E-state index in [1.165, 1.54) is 0 Å². The third-order valence-electron chi connectivity index (χ3n) is 2.69. The highest BCUT2D eigenvalue weighted by atomic mass is 16.4. The molecule has 1 aromatic heterocycles. The van der Waals surface area contributed by atoms with Crippen LogP contribution in [-0.4, -0.2) is 26.2 Å². The quantitative estimate of drug-likeness (QED) is 0.888. The Bertz CT molecular complexity index is 596. The second-order valence-electron chi connectivity index (χ2n) is 5.59. The normalized spacial score (nSPS) is 11.7. The third-order valence-corrected chi connectivity index (χ3v) is 2.69. The molecule has 0 spiro atoms. The van der Waals surface area contributed by atoms with Gasteiger partial charge in [0, 0.05) is 12.1 Å². The number of nitrogens with zero attached hydrogens (tertiary/aromatic N) is 2. The number of para-hydroxylation sites is 2. The van der Waals surface area contributed by atoms with Crippen molar-refractivity contribution in [3.63, 3.8) is 0 Å². The van der Waals surface area contributed by atoms with Crippen molar-refractivity contribution >= 4 is 23.0 Å². The number of fused-ring (bicyclic) bond motifs is 1. The second kappa shape index (κ2) is 4.91. The van der Waals surface area contributed by atoms with Crippen molar-refractivity contribution in [2.45, 2.75) is 39.3 Å². The Kier molecular flexibility index (Phi) is 3.46. The van der Waals surface area contributed by atoms with E-state index in [0.29, 0.717) is 6.54 Å². The zero-order valence-corrected chi connectivity index (χ0v) is 11.5. The molecule has 19 heavy (non-hydrogen) atoms. The maximum Gasteiger partial charge on any atom is 0.305 e. The molecular formula is C14H19N3O2. The van der Waals surface area contributed by atoms with E-state index in [2.05, 4.69) is 10.3 Å². The van der Waals surface area contributed by atoms with Gasteiger partial charge in [-0.2, -0.15) is 0 Å². The Morgan fingerprint density at radius 2 is 2.05 bits per heavy atom. The van der Waals surface area contributed by atoms with Crippen molar-refractivity contribution in [1.29, 1.82) is 0 Å². The minimum absolute atomic E-state index is 0.0825. The monoisotopic (exact) mass is 261 g/mol. The van der Waals surface area contributed by atoms with Gasteiger partial charge < -0.3 is 15.0 Å². The van der Waals surface area contributed by atoms with Crippen molar-refractivity contribution in [2.75, 3.05) is 5.32 Å². The first-order valence-electron chi connectivity index (χ1n) is 6.32. The summed E-state index contributed by atoms with van der Waals surface area (Å²) in [5.74, 6) is -0.0885. The largest absolute Gasteiger partial charge is 0.481 e. The van der Waals surface area contributed by atoms with E-state index in [1.807, 2.05) is 49.6 Å². The molecule has 0 aliphatic carbocycles. The lowest BCUT2D eigenvalue weighted by atomic mass is 10.1. The topological polar surface area (TPSA) is 67.2 Å². The first-order chi connectivity index (χ1) is 8.87. The number of hydrogen-bond donors (Lipinski definition) is 2. The minimum Gasteiger partial charge on any atom is -0.481 e. The molecule has 0 bridgehead atoms. The van der Waals surface area contributed by atoms with Crippen LogP contribution in [0.4, 0.5) is 5.95 Å². The molecule has 0 aliphatic rings. The summed E-state index contributed by atoms with van der Waals surface area (Å²) < 4.78 is 1.93. The van der Waals surface area contributed by atoms with Crippen LogP contribution in [0.15, 0.2) is 24.3 Å². The van der Waals surface area contributed by atoms with E-state index in [4.69, 9.17) is 5.11 Å². The summed E-state index contributed by atoms with van der Waals surface area (Å²) in [6.45, 7) is 6.56. The fraction of sp³-hybridized carbons (Fsp3) is 0.429. The smallest absolute Gasteiger partial charge is 0.305 e. The van der Waals surface area contributed by atoms with Crippen molar-refractivity contribution in [1.82, 2.24) is 9.55 Å². The highest BCUT2D eigenvalue weighted by molar-refractivity contribution is 5.79. The molecule has 0 aliphatic heterocycles. The van der Waals surface area contributed by atoms with Gasteiger partial charge in [-0.15, -0.1) is 0 Å². The minimum atomic E-state index is -0.806. The Morgan fingerprint density at radius 1 is 1.37 bits per heavy atom. The van der Waals surface area contributed by atoms with E-state index in [1.54, 1.807) is 0 Å². The van der Waals surface area contributed by atoms with Crippen LogP contribution in [0.1, 0.15) is 27.2 Å². The summed E-state index contributed by atoms with van der Waals surface area (Å²) in [5.41, 5.74) is 1.71. The molecule has 2 aromatic rings. The molecule has 0 radical (unpaired) electrons. The average Bonchev–Trinajstić information content (AvgIpc) is 2.61. The Hall–Kier alpha value is -2.04. The van der Waals surface area contributed by atoms with Gasteiger partial charge in [0.1, 0.15) is 0 Å². The van der Waals surface area contributed by atoms with Crippen LogP contribution in [0.3, 0.4) is 0 Å². The summed E-state index contributed by atoms with van der Waals surface area (Å²) in [4.78, 5) is 15.3. The number of carbonyl (C=O) groups is 1. The van der Waals surface area contributed by atoms with Gasteiger partial charge in [0.05, 0.1) is 17.5 Å². The molecule has 0 amide bonds. The number of imidazole rings is 1. The van der Waals surface area contributed by atoms with Gasteiger partial charge in [-0.05, 0) is 32.9 Å². The zero-order valence-electron chi connectivity index (χ0n) is 11.5. The van der Waals surface area contributed by atoms with Gasteiger partial charge in [0.2, 0.25) is 5.95 Å². The summed E-state index contributed by atoms with van der Waals surface area (Å²) in [5, 5.41) is 12.2. The molecule has 2 N–H and O–H groups in total. The van der Waals surface area contributed by atoms with Crippen LogP contribution in [0.25, 0.3) is 11.0 Å². The van der Waals surface area contributed by atoms with Crippen LogP contribution in [0.2, 0.25) is 0 Å². The number of aryl methyl sites for hydroxylation is 1. The molecule has 1 heterocycles. The van der Waals surface area contributed by atoms with Gasteiger partial charge in [-0.25, -0.2) is 4.98 Å². The molecule has 5 nitrogen and oxygen atoms in total. The van der Waals surface area contributed by atoms with Gasteiger partial charge in [0.15, 0.2) is 0 Å². The van der Waals surface area contributed by atoms with Crippen LogP contribution in [-0.2, 0) is 11.3 Å². The maximum atomic E-state index is 10.8. The SMILES string of the molecule is CC(C)(C)Nc1nc2ccccc2n1CCC(=O)O. The highest BCUT2D eigenvalue weighted by Gasteiger charge is 2.16. The molecule has 0 atom stereocenters. The number of nitrogens with one attached hydrogen (secondary N) is 1. The third kappa shape index (κ3) is 3.24. The number of aromatic nitrogens is 2. The number of benzene rings is 1. The fourth-order valence-electron chi connectivity index (χ4n) is 1.94. The van der Waals surface area contributed by atoms with Crippen LogP contribution < -0.4 is 5.32 Å². The van der Waals surface area contributed by atoms with E-state index in [9.17, 15) is 4.79 Å². The molecule has 0 fully saturated rings. The Labute approximate surface area is 112 Å². The molecule has 0 unspecified atom stereocenters. The predicted molar refractivity (Wildman–Crippen MR) is 75.4 cm³/mol. The molecule has 1 aromatic carbocycles. The van der Waals surface area contributed by atoms with Gasteiger partial charge in [-0.3, -0.25) is 4.79 Å². The first kappa shape index (κ1) is 13.4. The number of hydrogen-bond acceptors (Lipinski definition) is 3. The summed E-state index contributed by atoms with van der Waals surface area (Å²) >= 11 is 0. The van der Waals surface area contributed by atoms with Crippen molar-refractivity contribution in [3.05, 3.63) is 24.3 Å². The predicted octanol–water partition coefficient (Wildman–Crippen LogP) is 2.72. The lowest BCUT2D eigenvalue weighted by Crippen LogP contribution is -2.28. The van der Waals surface area contributed by atoms with Gasteiger partial charge in [-0.1, -0.05) is 12.1 Å². The van der Waals surface area contributed by atoms with E-state index in [0.717, 1.165) is 17.0 Å².